The maximum absolute atomic E-state index is 9.95. The molecule has 0 saturated heterocycles. The summed E-state index contributed by atoms with van der Waals surface area (Å²) in [5, 5.41) is 3.11. The molecule has 0 bridgehead atoms. The summed E-state index contributed by atoms with van der Waals surface area (Å²) in [6, 6.07) is 0. The lowest BCUT2D eigenvalue weighted by molar-refractivity contribution is -0.104. The van der Waals surface area contributed by atoms with Crippen LogP contribution in [0, 0.1) is 0 Å². The molecule has 0 fully saturated rings. The summed E-state index contributed by atoms with van der Waals surface area (Å²) in [6.45, 7) is 1.86. The fourth-order valence-corrected chi connectivity index (χ4v) is 0.373. The molecule has 0 atom stereocenters. The lowest BCUT2D eigenvalue weighted by Gasteiger charge is -1.80. The first-order chi connectivity index (χ1) is 4.35. The van der Waals surface area contributed by atoms with Gasteiger partial charge >= 0.3 is 0 Å². The summed E-state index contributed by atoms with van der Waals surface area (Å²) in [7, 11) is 0. The number of rotatable bonds is 3. The normalized spacial score (nSPS) is 10.1. The fraction of sp³-hybridized carbons (Fsp3) is 0.400. The minimum Gasteiger partial charge on any atom is -0.298 e. The van der Waals surface area contributed by atoms with Crippen molar-refractivity contribution in [3.8, 4) is 0 Å². The Morgan fingerprint density at radius 2 is 2.56 bits per heavy atom. The standard InChI is InChI=1S/C5H7N3O/c1-2-3-5(4-9)7-8-6/h3-4H,2H2,1H3/b5-3-. The average Bonchev–Trinajstić information content (AvgIpc) is 1.88. The molecule has 0 heterocycles. The van der Waals surface area contributed by atoms with Crippen LogP contribution in [0.1, 0.15) is 13.3 Å². The van der Waals surface area contributed by atoms with Crippen molar-refractivity contribution in [3.05, 3.63) is 22.2 Å². The quantitative estimate of drug-likeness (QED) is 0.186. The van der Waals surface area contributed by atoms with Crippen LogP contribution in [-0.2, 0) is 4.79 Å². The van der Waals surface area contributed by atoms with E-state index in [1.54, 1.807) is 6.08 Å². The summed E-state index contributed by atoms with van der Waals surface area (Å²) < 4.78 is 0. The predicted molar refractivity (Wildman–Crippen MR) is 33.6 cm³/mol. The highest BCUT2D eigenvalue weighted by Gasteiger charge is 1.84. The van der Waals surface area contributed by atoms with Gasteiger partial charge in [0.25, 0.3) is 0 Å². The smallest absolute Gasteiger partial charge is 0.152 e. The van der Waals surface area contributed by atoms with Gasteiger partial charge < -0.3 is 0 Å². The molecule has 0 unspecified atom stereocenters. The van der Waals surface area contributed by atoms with Crippen LogP contribution in [-0.4, -0.2) is 6.29 Å². The van der Waals surface area contributed by atoms with Gasteiger partial charge in [-0.05, 0) is 12.0 Å². The molecule has 0 aliphatic carbocycles. The van der Waals surface area contributed by atoms with Crippen molar-refractivity contribution in [3.63, 3.8) is 0 Å². The van der Waals surface area contributed by atoms with Crippen molar-refractivity contribution < 1.29 is 4.79 Å². The third kappa shape index (κ3) is 3.32. The van der Waals surface area contributed by atoms with E-state index in [4.69, 9.17) is 5.53 Å². The van der Waals surface area contributed by atoms with Crippen molar-refractivity contribution in [2.75, 3.05) is 0 Å². The molecule has 4 nitrogen and oxygen atoms in total. The summed E-state index contributed by atoms with van der Waals surface area (Å²) in [5.74, 6) is 0. The van der Waals surface area contributed by atoms with E-state index in [2.05, 4.69) is 10.0 Å². The molecule has 0 aromatic carbocycles. The monoisotopic (exact) mass is 125 g/mol. The molecule has 0 spiro atoms. The zero-order valence-electron chi connectivity index (χ0n) is 5.11. The maximum Gasteiger partial charge on any atom is 0.152 e. The van der Waals surface area contributed by atoms with Crippen LogP contribution in [0.25, 0.3) is 10.4 Å². The van der Waals surface area contributed by atoms with E-state index >= 15 is 0 Å². The number of carbonyl (C=O) groups is 1. The number of nitrogens with zero attached hydrogens (tertiary/aromatic N) is 3. The summed E-state index contributed by atoms with van der Waals surface area (Å²) >= 11 is 0. The Hall–Kier alpha value is -1.28. The van der Waals surface area contributed by atoms with Gasteiger partial charge in [-0.3, -0.25) is 4.79 Å². The van der Waals surface area contributed by atoms with Gasteiger partial charge in [0.1, 0.15) is 0 Å². The van der Waals surface area contributed by atoms with E-state index in [0.717, 1.165) is 0 Å². The first-order valence-electron chi connectivity index (χ1n) is 2.55. The molecule has 0 saturated carbocycles. The highest BCUT2D eigenvalue weighted by Crippen LogP contribution is 1.93. The first kappa shape index (κ1) is 7.72. The summed E-state index contributed by atoms with van der Waals surface area (Å²) in [5.41, 5.74) is 8.01. The number of allylic oxidation sites excluding steroid dienone is 2. The van der Waals surface area contributed by atoms with Gasteiger partial charge in [-0.1, -0.05) is 18.1 Å². The second-order valence-electron chi connectivity index (χ2n) is 1.34. The van der Waals surface area contributed by atoms with Gasteiger partial charge in [0.05, 0.1) is 5.70 Å². The van der Waals surface area contributed by atoms with Crippen LogP contribution in [0.3, 0.4) is 0 Å². The molecule has 0 N–H and O–H groups in total. The molecule has 0 aromatic rings. The lowest BCUT2D eigenvalue weighted by atomic mass is 10.4. The van der Waals surface area contributed by atoms with Crippen molar-refractivity contribution in [1.82, 2.24) is 0 Å². The van der Waals surface area contributed by atoms with E-state index < -0.39 is 0 Å². The Balaban J connectivity index is 4.13. The lowest BCUT2D eigenvalue weighted by Crippen LogP contribution is -1.75. The highest BCUT2D eigenvalue weighted by molar-refractivity contribution is 5.72. The zero-order chi connectivity index (χ0) is 7.11. The van der Waals surface area contributed by atoms with Crippen LogP contribution in [0.5, 0.6) is 0 Å². The van der Waals surface area contributed by atoms with Crippen LogP contribution in [0.15, 0.2) is 16.9 Å². The van der Waals surface area contributed by atoms with Gasteiger partial charge in [-0.25, -0.2) is 0 Å². The molecule has 0 radical (unpaired) electrons. The van der Waals surface area contributed by atoms with Gasteiger partial charge in [0, 0.05) is 4.91 Å². The van der Waals surface area contributed by atoms with Gasteiger partial charge in [0.15, 0.2) is 6.29 Å². The maximum atomic E-state index is 9.95. The molecule has 0 aliphatic rings. The Labute approximate surface area is 52.8 Å². The number of hydrogen-bond acceptors (Lipinski definition) is 2. The van der Waals surface area contributed by atoms with Gasteiger partial charge in [0.2, 0.25) is 0 Å². The van der Waals surface area contributed by atoms with Gasteiger partial charge in [-0.15, -0.1) is 0 Å². The van der Waals surface area contributed by atoms with Crippen LogP contribution in [0.2, 0.25) is 0 Å². The zero-order valence-corrected chi connectivity index (χ0v) is 5.11. The highest BCUT2D eigenvalue weighted by atomic mass is 16.1. The Morgan fingerprint density at radius 3 is 2.89 bits per heavy atom. The number of aldehydes is 1. The van der Waals surface area contributed by atoms with E-state index in [0.29, 0.717) is 12.7 Å². The Morgan fingerprint density at radius 1 is 1.89 bits per heavy atom. The number of azide groups is 1. The summed E-state index contributed by atoms with van der Waals surface area (Å²) in [6.07, 6.45) is 2.79. The van der Waals surface area contributed by atoms with E-state index in [9.17, 15) is 4.79 Å². The second-order valence-corrected chi connectivity index (χ2v) is 1.34. The van der Waals surface area contributed by atoms with Crippen molar-refractivity contribution in [1.29, 1.82) is 0 Å². The minimum atomic E-state index is 0.153. The molecule has 0 amide bonds. The molecule has 0 aromatic heterocycles. The van der Waals surface area contributed by atoms with Crippen molar-refractivity contribution in [2.24, 2.45) is 5.11 Å². The first-order valence-corrected chi connectivity index (χ1v) is 2.55. The third-order valence-corrected chi connectivity index (χ3v) is 0.694. The molecular formula is C5H7N3O. The van der Waals surface area contributed by atoms with Crippen LogP contribution in [0.4, 0.5) is 0 Å². The Bertz CT molecular complexity index is 167. The van der Waals surface area contributed by atoms with E-state index in [1.807, 2.05) is 6.92 Å². The Kier molecular flexibility index (Phi) is 4.18. The average molecular weight is 125 g/mol. The number of hydrogen-bond donors (Lipinski definition) is 0. The third-order valence-electron chi connectivity index (χ3n) is 0.694. The molecule has 0 aliphatic heterocycles. The van der Waals surface area contributed by atoms with Crippen molar-refractivity contribution >= 4 is 6.29 Å². The second kappa shape index (κ2) is 4.87. The topological polar surface area (TPSA) is 65.8 Å². The fourth-order valence-electron chi connectivity index (χ4n) is 0.373. The molecule has 9 heavy (non-hydrogen) atoms. The predicted octanol–water partition coefficient (Wildman–Crippen LogP) is 1.79. The minimum absolute atomic E-state index is 0.153. The molecule has 0 rings (SSSR count). The van der Waals surface area contributed by atoms with E-state index in [-0.39, 0.29) is 5.70 Å². The van der Waals surface area contributed by atoms with Crippen LogP contribution < -0.4 is 0 Å². The van der Waals surface area contributed by atoms with E-state index in [1.165, 1.54) is 0 Å². The van der Waals surface area contributed by atoms with Crippen molar-refractivity contribution in [2.45, 2.75) is 13.3 Å². The molecule has 48 valence electrons. The number of carbonyl (C=O) groups excluding carboxylic acids is 1. The largest absolute Gasteiger partial charge is 0.298 e. The van der Waals surface area contributed by atoms with Gasteiger partial charge in [-0.2, -0.15) is 0 Å². The molecular weight excluding hydrogens is 118 g/mol. The summed E-state index contributed by atoms with van der Waals surface area (Å²) in [4.78, 5) is 12.4. The molecule has 4 heteroatoms. The van der Waals surface area contributed by atoms with Crippen LogP contribution >= 0.6 is 0 Å². The SMILES string of the molecule is CC/C=C(/C=O)N=[N+]=[N-].